The Hall–Kier alpha value is -0.0400. The number of nitriles is 1. The van der Waals surface area contributed by atoms with E-state index in [0.29, 0.717) is 15.1 Å². The Morgan fingerprint density at radius 1 is 1.36 bits per heavy atom. The third-order valence-corrected chi connectivity index (χ3v) is 3.49. The summed E-state index contributed by atoms with van der Waals surface area (Å²) in [4.78, 5) is 0. The number of nitrogens with zero attached hydrogens (tertiary/aromatic N) is 1. The van der Waals surface area contributed by atoms with E-state index >= 15 is 0 Å². The topological polar surface area (TPSA) is 23.8 Å². The van der Waals surface area contributed by atoms with E-state index in [4.69, 9.17) is 16.9 Å². The standard InChI is InChI=1S/C7H2Br2ClN/c8-5-2-1-4(3-11)6(9)7(5)10/h1-2H. The van der Waals surface area contributed by atoms with Gasteiger partial charge in [0.15, 0.2) is 0 Å². The maximum absolute atomic E-state index is 8.58. The lowest BCUT2D eigenvalue weighted by Gasteiger charge is -1.99. The molecule has 0 aliphatic carbocycles. The molecule has 1 aromatic rings. The van der Waals surface area contributed by atoms with Crippen LogP contribution < -0.4 is 0 Å². The molecule has 0 fully saturated rings. The summed E-state index contributed by atoms with van der Waals surface area (Å²) in [5.41, 5.74) is 0.540. The molecule has 0 radical (unpaired) electrons. The third kappa shape index (κ3) is 1.76. The van der Waals surface area contributed by atoms with E-state index in [1.165, 1.54) is 0 Å². The Balaban J connectivity index is 3.40. The molecule has 0 N–H and O–H groups in total. The van der Waals surface area contributed by atoms with E-state index < -0.39 is 0 Å². The van der Waals surface area contributed by atoms with E-state index in [-0.39, 0.29) is 0 Å². The van der Waals surface area contributed by atoms with Crippen LogP contribution in [0.5, 0.6) is 0 Å². The zero-order valence-electron chi connectivity index (χ0n) is 5.24. The summed E-state index contributed by atoms with van der Waals surface area (Å²) >= 11 is 12.3. The fraction of sp³-hybridized carbons (Fsp3) is 0. The van der Waals surface area contributed by atoms with Gasteiger partial charge in [0, 0.05) is 4.47 Å². The molecule has 0 unspecified atom stereocenters. The first-order chi connectivity index (χ1) is 5.16. The first kappa shape index (κ1) is 9.05. The maximum atomic E-state index is 8.58. The van der Waals surface area contributed by atoms with E-state index in [9.17, 15) is 0 Å². The van der Waals surface area contributed by atoms with Crippen molar-refractivity contribution in [1.82, 2.24) is 0 Å². The van der Waals surface area contributed by atoms with Crippen LogP contribution in [-0.2, 0) is 0 Å². The highest BCUT2D eigenvalue weighted by molar-refractivity contribution is 9.11. The largest absolute Gasteiger partial charge is 0.192 e. The Morgan fingerprint density at radius 2 is 2.00 bits per heavy atom. The Labute approximate surface area is 86.2 Å². The van der Waals surface area contributed by atoms with Crippen molar-refractivity contribution < 1.29 is 0 Å². The molecule has 11 heavy (non-hydrogen) atoms. The quantitative estimate of drug-likeness (QED) is 0.669. The van der Waals surface area contributed by atoms with Gasteiger partial charge in [0.25, 0.3) is 0 Å². The van der Waals surface area contributed by atoms with Gasteiger partial charge >= 0.3 is 0 Å². The molecule has 0 atom stereocenters. The maximum Gasteiger partial charge on any atom is 0.100 e. The molecule has 56 valence electrons. The van der Waals surface area contributed by atoms with Gasteiger partial charge in [0.1, 0.15) is 6.07 Å². The number of rotatable bonds is 0. The van der Waals surface area contributed by atoms with Crippen molar-refractivity contribution >= 4 is 43.5 Å². The van der Waals surface area contributed by atoms with E-state index in [2.05, 4.69) is 31.9 Å². The van der Waals surface area contributed by atoms with Crippen LogP contribution in [0.15, 0.2) is 21.1 Å². The Bertz CT molecular complexity index is 330. The second kappa shape index (κ2) is 3.57. The Morgan fingerprint density at radius 3 is 2.55 bits per heavy atom. The minimum absolute atomic E-state index is 0.532. The van der Waals surface area contributed by atoms with Crippen LogP contribution >= 0.6 is 43.5 Å². The molecule has 0 heterocycles. The molecule has 0 saturated carbocycles. The minimum atomic E-state index is 0.532. The summed E-state index contributed by atoms with van der Waals surface area (Å²) in [6.45, 7) is 0. The lowest BCUT2D eigenvalue weighted by atomic mass is 10.2. The SMILES string of the molecule is N#Cc1ccc(Br)c(Cl)c1Br. The predicted octanol–water partition coefficient (Wildman–Crippen LogP) is 3.74. The molecule has 0 aromatic heterocycles. The molecule has 0 amide bonds. The number of hydrogen-bond donors (Lipinski definition) is 0. The molecule has 0 aliphatic heterocycles. The number of hydrogen-bond acceptors (Lipinski definition) is 1. The van der Waals surface area contributed by atoms with Crippen molar-refractivity contribution in [3.8, 4) is 6.07 Å². The lowest BCUT2D eigenvalue weighted by Crippen LogP contribution is -1.78. The highest BCUT2D eigenvalue weighted by atomic mass is 79.9. The second-order valence-corrected chi connectivity index (χ2v) is 3.86. The van der Waals surface area contributed by atoms with Crippen molar-refractivity contribution in [2.75, 3.05) is 0 Å². The molecule has 1 nitrogen and oxygen atoms in total. The van der Waals surface area contributed by atoms with Crippen LogP contribution in [0.25, 0.3) is 0 Å². The summed E-state index contributed by atoms with van der Waals surface area (Å²) in [5, 5.41) is 9.11. The number of benzene rings is 1. The first-order valence-corrected chi connectivity index (χ1v) is 4.67. The molecule has 4 heteroatoms. The monoisotopic (exact) mass is 293 g/mol. The number of halogens is 3. The van der Waals surface area contributed by atoms with Gasteiger partial charge in [0.2, 0.25) is 0 Å². The van der Waals surface area contributed by atoms with Crippen molar-refractivity contribution in [3.05, 3.63) is 31.7 Å². The van der Waals surface area contributed by atoms with Gasteiger partial charge in [-0.1, -0.05) is 11.6 Å². The van der Waals surface area contributed by atoms with Gasteiger partial charge in [-0.25, -0.2) is 0 Å². The molecule has 1 aromatic carbocycles. The second-order valence-electron chi connectivity index (χ2n) is 1.83. The van der Waals surface area contributed by atoms with Crippen LogP contribution in [0.4, 0.5) is 0 Å². The minimum Gasteiger partial charge on any atom is -0.192 e. The molecule has 0 aliphatic rings. The highest BCUT2D eigenvalue weighted by Crippen LogP contribution is 2.32. The molecular weight excluding hydrogens is 293 g/mol. The molecule has 0 bridgehead atoms. The van der Waals surface area contributed by atoms with E-state index in [1.807, 2.05) is 6.07 Å². The summed E-state index contributed by atoms with van der Waals surface area (Å²) in [6.07, 6.45) is 0. The van der Waals surface area contributed by atoms with Crippen LogP contribution in [0, 0.1) is 11.3 Å². The van der Waals surface area contributed by atoms with Crippen LogP contribution in [0.1, 0.15) is 5.56 Å². The molecule has 1 rings (SSSR count). The van der Waals surface area contributed by atoms with Gasteiger partial charge in [-0.05, 0) is 44.0 Å². The zero-order valence-corrected chi connectivity index (χ0v) is 9.16. The third-order valence-electron chi connectivity index (χ3n) is 1.16. The van der Waals surface area contributed by atoms with Crippen molar-refractivity contribution in [2.45, 2.75) is 0 Å². The van der Waals surface area contributed by atoms with Crippen LogP contribution in [0.2, 0.25) is 5.02 Å². The zero-order chi connectivity index (χ0) is 8.43. The summed E-state index contributed by atoms with van der Waals surface area (Å²) in [7, 11) is 0. The summed E-state index contributed by atoms with van der Waals surface area (Å²) in [5.74, 6) is 0. The smallest absolute Gasteiger partial charge is 0.100 e. The summed E-state index contributed by atoms with van der Waals surface area (Å²) < 4.78 is 1.42. The van der Waals surface area contributed by atoms with Crippen molar-refractivity contribution in [3.63, 3.8) is 0 Å². The molecular formula is C7H2Br2ClN. The highest BCUT2D eigenvalue weighted by Gasteiger charge is 2.06. The predicted molar refractivity (Wildman–Crippen MR) is 51.6 cm³/mol. The lowest BCUT2D eigenvalue weighted by molar-refractivity contribution is 1.46. The van der Waals surface area contributed by atoms with Crippen molar-refractivity contribution in [1.29, 1.82) is 5.26 Å². The Kier molecular flexibility index (Phi) is 2.94. The van der Waals surface area contributed by atoms with E-state index in [0.717, 1.165) is 4.47 Å². The van der Waals surface area contributed by atoms with Gasteiger partial charge < -0.3 is 0 Å². The van der Waals surface area contributed by atoms with E-state index in [1.54, 1.807) is 12.1 Å². The van der Waals surface area contributed by atoms with Gasteiger partial charge in [-0.15, -0.1) is 0 Å². The molecule has 0 spiro atoms. The van der Waals surface area contributed by atoms with Gasteiger partial charge in [-0.3, -0.25) is 0 Å². The van der Waals surface area contributed by atoms with Crippen LogP contribution in [-0.4, -0.2) is 0 Å². The average Bonchev–Trinajstić information content (AvgIpc) is 2.01. The normalized spacial score (nSPS) is 9.27. The fourth-order valence-electron chi connectivity index (χ4n) is 0.612. The molecule has 0 saturated heterocycles. The van der Waals surface area contributed by atoms with Gasteiger partial charge in [0.05, 0.1) is 15.1 Å². The van der Waals surface area contributed by atoms with Crippen molar-refractivity contribution in [2.24, 2.45) is 0 Å². The summed E-state index contributed by atoms with van der Waals surface area (Å²) in [6, 6.07) is 5.45. The van der Waals surface area contributed by atoms with Crippen LogP contribution in [0.3, 0.4) is 0 Å². The van der Waals surface area contributed by atoms with Gasteiger partial charge in [-0.2, -0.15) is 5.26 Å². The fourth-order valence-corrected chi connectivity index (χ4v) is 1.81. The first-order valence-electron chi connectivity index (χ1n) is 2.70. The average molecular weight is 295 g/mol.